The van der Waals surface area contributed by atoms with Crippen LogP contribution in [-0.4, -0.2) is 92.8 Å². The number of rotatable bonds is 6. The van der Waals surface area contributed by atoms with E-state index in [4.69, 9.17) is 9.47 Å². The molecule has 0 spiro atoms. The average molecular weight is 473 g/mol. The predicted octanol–water partition coefficient (Wildman–Crippen LogP) is -7.12. The number of nitriles is 1. The maximum absolute atomic E-state index is 14.1. The van der Waals surface area contributed by atoms with Crippen LogP contribution in [-0.2, 0) is 15.3 Å². The molecule has 1 amide bonds. The van der Waals surface area contributed by atoms with Gasteiger partial charge < -0.3 is 14.4 Å². The van der Waals surface area contributed by atoms with Gasteiger partial charge in [0.25, 0.3) is 5.91 Å². The summed E-state index contributed by atoms with van der Waals surface area (Å²) in [6, 6.07) is 7.11. The van der Waals surface area contributed by atoms with Crippen molar-refractivity contribution >= 4 is 90.5 Å². The third-order valence-corrected chi connectivity index (χ3v) is 7.97. The highest BCUT2D eigenvalue weighted by Crippen LogP contribution is 2.38. The summed E-state index contributed by atoms with van der Waals surface area (Å²) in [7, 11) is 19.4. The number of nitrogens with zero attached hydrogens (tertiary/aromatic N) is 2. The van der Waals surface area contributed by atoms with Gasteiger partial charge in [0.1, 0.15) is 39.2 Å². The zero-order chi connectivity index (χ0) is 27.2. The van der Waals surface area contributed by atoms with Crippen molar-refractivity contribution in [1.29, 1.82) is 5.26 Å². The van der Waals surface area contributed by atoms with Crippen LogP contribution in [0.3, 0.4) is 0 Å². The quantitative estimate of drug-likeness (QED) is 0.392. The molecule has 1 heterocycles. The highest BCUT2D eigenvalue weighted by Gasteiger charge is 2.48. The smallest absolute Gasteiger partial charge is 0.266 e. The van der Waals surface area contributed by atoms with E-state index in [1.807, 2.05) is 18.7 Å². The molecule has 0 bridgehead atoms. The number of carbonyl (C=O) groups is 1. The molecule has 1 aliphatic heterocycles. The number of methoxy groups -OCH3 is 1. The number of benzene rings is 2. The number of hydrogen-bond acceptors (Lipinski definition) is 4. The van der Waals surface area contributed by atoms with Crippen molar-refractivity contribution in [1.82, 2.24) is 4.90 Å². The Morgan fingerprint density at radius 3 is 2.14 bits per heavy atom. The Morgan fingerprint density at radius 2 is 1.64 bits per heavy atom. The van der Waals surface area contributed by atoms with Crippen molar-refractivity contribution < 1.29 is 14.3 Å². The molecule has 3 rings (SSSR count). The molecule has 0 aromatic heterocycles. The minimum Gasteiger partial charge on any atom is -0.493 e. The Labute approximate surface area is 223 Å². The minimum atomic E-state index is -1.12. The number of likely N-dealkylation sites (tertiary alicyclic amines) is 1. The number of amides is 1. The molecular formula is C23H34B8N2O3. The lowest BCUT2D eigenvalue weighted by molar-refractivity contribution is -0.147. The Bertz CT molecular complexity index is 1230. The third-order valence-electron chi connectivity index (χ3n) is 7.97. The van der Waals surface area contributed by atoms with E-state index >= 15 is 0 Å². The first-order chi connectivity index (χ1) is 16.6. The predicted molar refractivity (Wildman–Crippen MR) is 170 cm³/mol. The summed E-state index contributed by atoms with van der Waals surface area (Å²) < 4.78 is 11.7. The van der Waals surface area contributed by atoms with Crippen LogP contribution in [0.4, 0.5) is 0 Å². The molecule has 13 heteroatoms. The first kappa shape index (κ1) is 28.1. The second-order valence-electron chi connectivity index (χ2n) is 11.9. The molecule has 0 N–H and O–H groups in total. The standard InChI is InChI=1S/C23H34B8N2O3/c1-21(2,36-12-6-5-11(10-32)9-13(12)35-3)20(34)33-8-4-7-22(33,28)14-16(24)18(26)15(23(29,30)31)19(27)17(14)25/h5-6,9H,4,7-8,24-31H2,1-3H3/t22-/m0/s1. The van der Waals surface area contributed by atoms with Crippen molar-refractivity contribution in [2.24, 2.45) is 0 Å². The summed E-state index contributed by atoms with van der Waals surface area (Å²) in [5.41, 5.74) is 6.79. The van der Waals surface area contributed by atoms with E-state index in [-0.39, 0.29) is 11.0 Å². The molecule has 1 fully saturated rings. The summed E-state index contributed by atoms with van der Waals surface area (Å²) in [4.78, 5) is 16.1. The molecule has 36 heavy (non-hydrogen) atoms. The van der Waals surface area contributed by atoms with Gasteiger partial charge in [-0.3, -0.25) is 4.79 Å². The lowest BCUT2D eigenvalue weighted by Crippen LogP contribution is -2.61. The van der Waals surface area contributed by atoms with Crippen LogP contribution in [0.1, 0.15) is 43.4 Å². The Kier molecular flexibility index (Phi) is 7.62. The number of hydrogen-bond donors (Lipinski definition) is 0. The second-order valence-corrected chi connectivity index (χ2v) is 11.9. The largest absolute Gasteiger partial charge is 0.493 e. The molecule has 2 aromatic carbocycles. The first-order valence-electron chi connectivity index (χ1n) is 12.8. The molecule has 5 nitrogen and oxygen atoms in total. The van der Waals surface area contributed by atoms with Crippen molar-refractivity contribution in [2.45, 2.75) is 42.8 Å². The van der Waals surface area contributed by atoms with Crippen molar-refractivity contribution in [2.75, 3.05) is 13.7 Å². The summed E-state index contributed by atoms with van der Waals surface area (Å²) in [6.07, 6.45) is 1.85. The molecule has 1 atom stereocenters. The lowest BCUT2D eigenvalue weighted by Gasteiger charge is -2.44. The van der Waals surface area contributed by atoms with E-state index in [1.54, 1.807) is 18.2 Å². The molecular weight excluding hydrogens is 439 g/mol. The molecule has 0 saturated carbocycles. The van der Waals surface area contributed by atoms with Gasteiger partial charge in [-0.25, -0.2) is 0 Å². The second kappa shape index (κ2) is 9.76. The monoisotopic (exact) mass is 474 g/mol. The minimum absolute atomic E-state index is 0.0459. The van der Waals surface area contributed by atoms with Crippen LogP contribution < -0.4 is 31.3 Å². The van der Waals surface area contributed by atoms with Gasteiger partial charge in [0, 0.05) is 18.0 Å². The maximum atomic E-state index is 14.1. The fourth-order valence-corrected chi connectivity index (χ4v) is 6.26. The lowest BCUT2D eigenvalue weighted by atomic mass is 9.36. The van der Waals surface area contributed by atoms with E-state index in [1.165, 1.54) is 40.1 Å². The summed E-state index contributed by atoms with van der Waals surface area (Å²) >= 11 is 0. The number of ether oxygens (including phenoxy) is 2. The van der Waals surface area contributed by atoms with Crippen molar-refractivity contribution in [3.05, 3.63) is 34.9 Å². The normalized spacial score (nSPS) is 18.0. The van der Waals surface area contributed by atoms with E-state index in [9.17, 15) is 10.1 Å². The molecule has 178 valence electrons. The van der Waals surface area contributed by atoms with Crippen molar-refractivity contribution in [3.8, 4) is 17.6 Å². The molecule has 0 unspecified atom stereocenters. The van der Waals surface area contributed by atoms with Crippen molar-refractivity contribution in [3.63, 3.8) is 0 Å². The third kappa shape index (κ3) is 4.76. The van der Waals surface area contributed by atoms with E-state index in [0.29, 0.717) is 23.6 Å². The molecule has 0 radical (unpaired) electrons. The van der Waals surface area contributed by atoms with Crippen LogP contribution in [0, 0.1) is 11.3 Å². The van der Waals surface area contributed by atoms with Gasteiger partial charge in [0.15, 0.2) is 17.1 Å². The molecule has 2 aromatic rings. The zero-order valence-electron chi connectivity index (χ0n) is 24.0. The summed E-state index contributed by atoms with van der Waals surface area (Å²) in [5.74, 6) is 0.835. The highest BCUT2D eigenvalue weighted by atomic mass is 16.5. The molecule has 1 saturated heterocycles. The Morgan fingerprint density at radius 1 is 1.06 bits per heavy atom. The Hall–Kier alpha value is -2.48. The zero-order valence-corrected chi connectivity index (χ0v) is 24.0. The highest BCUT2D eigenvalue weighted by molar-refractivity contribution is 6.65. The number of carbonyl (C=O) groups excluding carboxylic acids is 1. The fourth-order valence-electron chi connectivity index (χ4n) is 6.26. The fraction of sp³-hybridized carbons (Fsp3) is 0.391. The van der Waals surface area contributed by atoms with Gasteiger partial charge in [0.05, 0.1) is 42.3 Å². The van der Waals surface area contributed by atoms with E-state index in [0.717, 1.165) is 12.8 Å². The van der Waals surface area contributed by atoms with Gasteiger partial charge in [-0.2, -0.15) is 5.26 Å². The molecule has 1 aliphatic rings. The topological polar surface area (TPSA) is 62.6 Å². The van der Waals surface area contributed by atoms with Gasteiger partial charge in [-0.05, 0) is 44.4 Å². The first-order valence-corrected chi connectivity index (χ1v) is 12.8. The Balaban J connectivity index is 2.06. The summed E-state index contributed by atoms with van der Waals surface area (Å²) in [5, 5.41) is 9.26. The van der Waals surface area contributed by atoms with Crippen LogP contribution in [0.2, 0.25) is 0 Å². The van der Waals surface area contributed by atoms with Gasteiger partial charge in [-0.15, -0.1) is 0 Å². The van der Waals surface area contributed by atoms with Crippen LogP contribution in [0.15, 0.2) is 18.2 Å². The van der Waals surface area contributed by atoms with E-state index in [2.05, 4.69) is 68.8 Å². The van der Waals surface area contributed by atoms with Crippen LogP contribution in [0.5, 0.6) is 11.5 Å². The SMILES string of the molecule is Bc1c(B)c([C@]2(B)CCCN2C(=O)C(C)(C)Oc2ccc(C#N)cc2OC)c(B)c(B)c1C(B)(B)B. The maximum Gasteiger partial charge on any atom is 0.266 e. The molecule has 0 aliphatic carbocycles. The van der Waals surface area contributed by atoms with Gasteiger partial charge >= 0.3 is 0 Å². The average Bonchev–Trinajstić information content (AvgIpc) is 3.18. The van der Waals surface area contributed by atoms with Crippen LogP contribution in [0.25, 0.3) is 0 Å². The van der Waals surface area contributed by atoms with Gasteiger partial charge in [0.2, 0.25) is 0 Å². The van der Waals surface area contributed by atoms with Gasteiger partial charge in [-0.1, -0.05) is 32.5 Å². The summed E-state index contributed by atoms with van der Waals surface area (Å²) in [6.45, 7) is 4.31. The van der Waals surface area contributed by atoms with Crippen LogP contribution >= 0.6 is 0 Å². The van der Waals surface area contributed by atoms with E-state index < -0.39 is 11.0 Å².